The Morgan fingerprint density at radius 2 is 1.83 bits per heavy atom. The lowest BCUT2D eigenvalue weighted by Gasteiger charge is -2.38. The van der Waals surface area contributed by atoms with Crippen molar-refractivity contribution in [2.24, 2.45) is 11.8 Å². The van der Waals surface area contributed by atoms with E-state index in [1.54, 1.807) is 14.2 Å². The van der Waals surface area contributed by atoms with E-state index in [0.717, 1.165) is 31.4 Å². The van der Waals surface area contributed by atoms with Gasteiger partial charge in [0, 0.05) is 38.0 Å². The van der Waals surface area contributed by atoms with Crippen LogP contribution in [-0.2, 0) is 9.59 Å². The van der Waals surface area contributed by atoms with Crippen LogP contribution in [0.3, 0.4) is 0 Å². The van der Waals surface area contributed by atoms with Gasteiger partial charge in [-0.2, -0.15) is 0 Å². The lowest BCUT2D eigenvalue weighted by molar-refractivity contribution is -0.137. The van der Waals surface area contributed by atoms with Crippen molar-refractivity contribution in [3.8, 4) is 11.5 Å². The summed E-state index contributed by atoms with van der Waals surface area (Å²) in [6, 6.07) is 5.87. The Morgan fingerprint density at radius 3 is 2.45 bits per heavy atom. The molecule has 1 aromatic rings. The molecule has 1 aromatic carbocycles. The van der Waals surface area contributed by atoms with Crippen LogP contribution in [0.5, 0.6) is 11.5 Å². The summed E-state index contributed by atoms with van der Waals surface area (Å²) in [5.41, 5.74) is 1.07. The SMILES string of the molecule is COc1ccc(C2CC(C(=O)NCCN(C)C)CN(C(=O)C3CC3)C2)cc1OC. The zero-order valence-electron chi connectivity index (χ0n) is 17.9. The molecular formula is C22H33N3O4. The molecule has 1 heterocycles. The van der Waals surface area contributed by atoms with E-state index < -0.39 is 0 Å². The topological polar surface area (TPSA) is 71.1 Å². The first-order valence-electron chi connectivity index (χ1n) is 10.4. The van der Waals surface area contributed by atoms with Crippen molar-refractivity contribution >= 4 is 11.8 Å². The molecule has 1 aliphatic heterocycles. The molecule has 0 bridgehead atoms. The molecule has 2 unspecified atom stereocenters. The third-order valence-electron chi connectivity index (χ3n) is 5.80. The maximum Gasteiger partial charge on any atom is 0.225 e. The number of hydrogen-bond acceptors (Lipinski definition) is 5. The molecule has 3 rings (SSSR count). The van der Waals surface area contributed by atoms with Gasteiger partial charge in [0.05, 0.1) is 20.1 Å². The first kappa shape index (κ1) is 21.4. The van der Waals surface area contributed by atoms with E-state index in [4.69, 9.17) is 9.47 Å². The van der Waals surface area contributed by atoms with Gasteiger partial charge in [0.2, 0.25) is 11.8 Å². The van der Waals surface area contributed by atoms with Crippen LogP contribution in [0.1, 0.15) is 30.7 Å². The number of ether oxygens (including phenoxy) is 2. The van der Waals surface area contributed by atoms with E-state index in [0.29, 0.717) is 31.1 Å². The molecule has 2 atom stereocenters. The molecule has 7 nitrogen and oxygen atoms in total. The molecule has 1 saturated heterocycles. The fraction of sp³-hybridized carbons (Fsp3) is 0.636. The Kier molecular flexibility index (Phi) is 7.00. The number of likely N-dealkylation sites (tertiary alicyclic amines) is 1. The van der Waals surface area contributed by atoms with Crippen molar-refractivity contribution < 1.29 is 19.1 Å². The Hall–Kier alpha value is -2.28. The Morgan fingerprint density at radius 1 is 1.10 bits per heavy atom. The van der Waals surface area contributed by atoms with Crippen molar-refractivity contribution in [3.63, 3.8) is 0 Å². The molecule has 2 aliphatic rings. The van der Waals surface area contributed by atoms with Crippen LogP contribution in [0.25, 0.3) is 0 Å². The van der Waals surface area contributed by atoms with Crippen molar-refractivity contribution in [1.82, 2.24) is 15.1 Å². The van der Waals surface area contributed by atoms with E-state index in [1.165, 1.54) is 0 Å². The molecule has 29 heavy (non-hydrogen) atoms. The summed E-state index contributed by atoms with van der Waals surface area (Å²) in [5.74, 6) is 1.62. The second-order valence-corrected chi connectivity index (χ2v) is 8.36. The van der Waals surface area contributed by atoms with Crippen LogP contribution in [0.15, 0.2) is 18.2 Å². The molecule has 0 spiro atoms. The number of methoxy groups -OCH3 is 2. The van der Waals surface area contributed by atoms with Crippen LogP contribution in [0.4, 0.5) is 0 Å². The number of amides is 2. The number of nitrogens with one attached hydrogen (secondary N) is 1. The molecule has 1 N–H and O–H groups in total. The summed E-state index contributed by atoms with van der Waals surface area (Å²) in [7, 11) is 7.19. The number of carbonyl (C=O) groups excluding carboxylic acids is 2. The van der Waals surface area contributed by atoms with Crippen molar-refractivity contribution in [3.05, 3.63) is 23.8 Å². The summed E-state index contributed by atoms with van der Waals surface area (Å²) in [4.78, 5) is 29.5. The van der Waals surface area contributed by atoms with Gasteiger partial charge in [-0.25, -0.2) is 0 Å². The Labute approximate surface area is 173 Å². The number of benzene rings is 1. The minimum Gasteiger partial charge on any atom is -0.493 e. The van der Waals surface area contributed by atoms with Crippen LogP contribution < -0.4 is 14.8 Å². The molecule has 1 saturated carbocycles. The number of likely N-dealkylation sites (N-methyl/N-ethyl adjacent to an activating group) is 1. The highest BCUT2D eigenvalue weighted by molar-refractivity contribution is 5.83. The minimum absolute atomic E-state index is 0.0330. The van der Waals surface area contributed by atoms with Crippen molar-refractivity contribution in [2.45, 2.75) is 25.2 Å². The predicted molar refractivity (Wildman–Crippen MR) is 111 cm³/mol. The summed E-state index contributed by atoms with van der Waals surface area (Å²) in [6.07, 6.45) is 2.66. The molecule has 7 heteroatoms. The van der Waals surface area contributed by atoms with Gasteiger partial charge < -0.3 is 24.6 Å². The molecule has 1 aliphatic carbocycles. The van der Waals surface area contributed by atoms with Crippen LogP contribution in [0, 0.1) is 11.8 Å². The normalized spacial score (nSPS) is 21.8. The van der Waals surface area contributed by atoms with E-state index in [9.17, 15) is 9.59 Å². The molecule has 160 valence electrons. The van der Waals surface area contributed by atoms with Gasteiger partial charge in [-0.1, -0.05) is 6.07 Å². The van der Waals surface area contributed by atoms with Gasteiger partial charge in [0.15, 0.2) is 11.5 Å². The molecule has 2 amide bonds. The summed E-state index contributed by atoms with van der Waals surface area (Å²) >= 11 is 0. The van der Waals surface area contributed by atoms with Crippen molar-refractivity contribution in [2.75, 3.05) is 54.5 Å². The van der Waals surface area contributed by atoms with Crippen molar-refractivity contribution in [1.29, 1.82) is 0 Å². The largest absolute Gasteiger partial charge is 0.493 e. The van der Waals surface area contributed by atoms with Gasteiger partial charge in [-0.3, -0.25) is 9.59 Å². The van der Waals surface area contributed by atoms with Gasteiger partial charge >= 0.3 is 0 Å². The summed E-state index contributed by atoms with van der Waals surface area (Å²) in [6.45, 7) is 2.56. The van der Waals surface area contributed by atoms with E-state index >= 15 is 0 Å². The average Bonchev–Trinajstić information content (AvgIpc) is 3.57. The standard InChI is InChI=1S/C22H33N3O4/c1-24(2)10-9-23-21(26)18-11-17(13-25(14-18)22(27)15-5-6-15)16-7-8-19(28-3)20(12-16)29-4/h7-8,12,15,17-18H,5-6,9-11,13-14H2,1-4H3,(H,23,26). The van der Waals surface area contributed by atoms with Crippen LogP contribution in [0.2, 0.25) is 0 Å². The quantitative estimate of drug-likeness (QED) is 0.716. The fourth-order valence-electron chi connectivity index (χ4n) is 3.95. The highest BCUT2D eigenvalue weighted by atomic mass is 16.5. The third kappa shape index (κ3) is 5.41. The van der Waals surface area contributed by atoms with Crippen LogP contribution >= 0.6 is 0 Å². The number of nitrogens with zero attached hydrogens (tertiary/aromatic N) is 2. The Balaban J connectivity index is 1.76. The monoisotopic (exact) mass is 403 g/mol. The number of hydrogen-bond donors (Lipinski definition) is 1. The average molecular weight is 404 g/mol. The van der Waals surface area contributed by atoms with Crippen LogP contribution in [-0.4, -0.2) is 76.1 Å². The molecular weight excluding hydrogens is 370 g/mol. The summed E-state index contributed by atoms with van der Waals surface area (Å²) in [5, 5.41) is 3.04. The maximum absolute atomic E-state index is 12.8. The van der Waals surface area contributed by atoms with E-state index in [1.807, 2.05) is 42.1 Å². The van der Waals surface area contributed by atoms with Gasteiger partial charge in [0.25, 0.3) is 0 Å². The second-order valence-electron chi connectivity index (χ2n) is 8.36. The molecule has 0 aromatic heterocycles. The second kappa shape index (κ2) is 9.48. The molecule has 0 radical (unpaired) electrons. The first-order chi connectivity index (χ1) is 13.9. The van der Waals surface area contributed by atoms with Gasteiger partial charge in [0.1, 0.15) is 0 Å². The number of rotatable bonds is 8. The fourth-order valence-corrected chi connectivity index (χ4v) is 3.95. The molecule has 2 fully saturated rings. The third-order valence-corrected chi connectivity index (χ3v) is 5.80. The van der Waals surface area contributed by atoms with E-state index in [-0.39, 0.29) is 29.6 Å². The maximum atomic E-state index is 12.8. The Bertz CT molecular complexity index is 733. The lowest BCUT2D eigenvalue weighted by atomic mass is 9.83. The van der Waals surface area contributed by atoms with Gasteiger partial charge in [-0.15, -0.1) is 0 Å². The lowest BCUT2D eigenvalue weighted by Crippen LogP contribution is -2.49. The first-order valence-corrected chi connectivity index (χ1v) is 10.4. The van der Waals surface area contributed by atoms with E-state index in [2.05, 4.69) is 5.32 Å². The number of piperidine rings is 1. The zero-order chi connectivity index (χ0) is 21.0. The highest BCUT2D eigenvalue weighted by Gasteiger charge is 2.39. The zero-order valence-corrected chi connectivity index (χ0v) is 17.9. The predicted octanol–water partition coefficient (Wildman–Crippen LogP) is 1.72. The highest BCUT2D eigenvalue weighted by Crippen LogP contribution is 2.38. The minimum atomic E-state index is -0.202. The summed E-state index contributed by atoms with van der Waals surface area (Å²) < 4.78 is 10.8. The number of carbonyl (C=O) groups is 2. The smallest absolute Gasteiger partial charge is 0.225 e. The van der Waals surface area contributed by atoms with Gasteiger partial charge in [-0.05, 0) is 51.1 Å².